The van der Waals surface area contributed by atoms with Gasteiger partial charge in [0.1, 0.15) is 0 Å². The van der Waals surface area contributed by atoms with Crippen molar-refractivity contribution in [2.75, 3.05) is 0 Å². The number of aromatic nitrogens is 3. The quantitative estimate of drug-likeness (QED) is 0.0772. The van der Waals surface area contributed by atoms with Gasteiger partial charge in [0.25, 0.3) is 6.47 Å². The molecule has 11 nitrogen and oxygen atoms in total. The molecule has 0 aliphatic carbocycles. The van der Waals surface area contributed by atoms with Crippen LogP contribution in [-0.2, 0) is 15.2 Å². The molecule has 290 valence electrons. The van der Waals surface area contributed by atoms with Crippen LogP contribution in [-0.4, -0.2) is 38.6 Å². The van der Waals surface area contributed by atoms with E-state index >= 15 is 0 Å². The van der Waals surface area contributed by atoms with E-state index in [0.717, 1.165) is 26.7 Å². The molecule has 0 saturated carbocycles. The van der Waals surface area contributed by atoms with Crippen molar-refractivity contribution < 1.29 is 129 Å². The second-order valence-electron chi connectivity index (χ2n) is 12.2. The van der Waals surface area contributed by atoms with Crippen LogP contribution in [0.5, 0.6) is 0 Å². The van der Waals surface area contributed by atoms with Crippen molar-refractivity contribution >= 4 is 58.8 Å². The van der Waals surface area contributed by atoms with E-state index in [2.05, 4.69) is 76.6 Å². The van der Waals surface area contributed by atoms with E-state index < -0.39 is 7.12 Å². The van der Waals surface area contributed by atoms with Gasteiger partial charge in [-0.25, -0.2) is 9.69 Å². The summed E-state index contributed by atoms with van der Waals surface area (Å²) in [5.41, 5.74) is 16.5. The summed E-state index contributed by atoms with van der Waals surface area (Å²) in [6, 6.07) is 28.2. The molecule has 0 spiro atoms. The van der Waals surface area contributed by atoms with Gasteiger partial charge in [-0.05, 0) is 115 Å². The first kappa shape index (κ1) is 57.6. The standard InChI is InChI=1S/C15H18N2.C13H10N2.C7H6BNO2.C6H6BrN.CH2O3.ClH.2K.H/c1-11-10-17-8-7-14(11)12-5-4-6-13(9-12)15(2,3)16;1-10-9-15-7-6-13(10)11-4-3-5-12(8-11)14-2;1-9-7-4-2-3-6(5-7)8(10)11;1-5-4-8-3-2-6(5)7;2-1-4-3;;;;/h4-10H,16H2,1-3H3;3-9H,1H3;2-5,10-11H;2-4H,1H3;1,3H;1H;;;/q;;;;;;2*+1;-1/p-1. The Morgan fingerprint density at radius 2 is 1.19 bits per heavy atom. The SMILES string of the molecule is Cc1cnccc1-c1cccc(C(C)(C)N)c1.Cc1cnccc1Br.Cl.O=CO[O-].[C-]#[N+]c1cccc(-c2ccncc2C)c1.[C-]#[N+]c1cccc(B(O)O)c1.[H-].[K+].[K+]. The number of benzene rings is 3. The van der Waals surface area contributed by atoms with Crippen LogP contribution in [0, 0.1) is 33.9 Å². The van der Waals surface area contributed by atoms with Crippen molar-refractivity contribution in [2.24, 2.45) is 5.73 Å². The van der Waals surface area contributed by atoms with Crippen molar-refractivity contribution in [3.63, 3.8) is 0 Å². The summed E-state index contributed by atoms with van der Waals surface area (Å²) < 4.78 is 1.12. The number of carbonyl (C=O) groups is 1. The van der Waals surface area contributed by atoms with Gasteiger partial charge in [0.2, 0.25) is 0 Å². The number of hydrogen-bond donors (Lipinski definition) is 3. The number of pyridine rings is 3. The van der Waals surface area contributed by atoms with E-state index in [4.69, 9.17) is 39.0 Å². The summed E-state index contributed by atoms with van der Waals surface area (Å²) >= 11 is 3.36. The third kappa shape index (κ3) is 21.2. The Bertz CT molecular complexity index is 2210. The van der Waals surface area contributed by atoms with Crippen molar-refractivity contribution in [1.82, 2.24) is 15.0 Å². The van der Waals surface area contributed by atoms with Crippen LogP contribution in [0.25, 0.3) is 31.9 Å². The van der Waals surface area contributed by atoms with E-state index in [9.17, 15) is 0 Å². The molecule has 0 unspecified atom stereocenters. The molecule has 0 aliphatic heterocycles. The molecule has 3 aromatic heterocycles. The third-order valence-corrected chi connectivity index (χ3v) is 8.42. The molecule has 16 heteroatoms. The summed E-state index contributed by atoms with van der Waals surface area (Å²) in [5.74, 6) is 0. The molecule has 3 aromatic carbocycles. The van der Waals surface area contributed by atoms with Crippen LogP contribution < -0.4 is 119 Å². The average Bonchev–Trinajstić information content (AvgIpc) is 3.20. The van der Waals surface area contributed by atoms with Crippen molar-refractivity contribution in [3.8, 4) is 22.3 Å². The number of carbonyl (C=O) groups excluding carboxylic acids is 1. The second kappa shape index (κ2) is 31.4. The van der Waals surface area contributed by atoms with Crippen molar-refractivity contribution in [1.29, 1.82) is 0 Å². The minimum Gasteiger partial charge on any atom is -1.00 e. The molecule has 0 bridgehead atoms. The van der Waals surface area contributed by atoms with Gasteiger partial charge < -0.3 is 27.4 Å². The van der Waals surface area contributed by atoms with Crippen LogP contribution >= 0.6 is 28.3 Å². The maximum Gasteiger partial charge on any atom is 1.00 e. The Hall–Kier alpha value is -2.49. The molecule has 3 heterocycles. The average molecular weight is 916 g/mol. The zero-order valence-electron chi connectivity index (χ0n) is 34.5. The summed E-state index contributed by atoms with van der Waals surface area (Å²) in [6.45, 7) is 23.6. The van der Waals surface area contributed by atoms with Crippen LogP contribution in [0.15, 0.2) is 133 Å². The van der Waals surface area contributed by atoms with Crippen LogP contribution in [0.2, 0.25) is 0 Å². The van der Waals surface area contributed by atoms with Gasteiger partial charge in [0, 0.05) is 47.2 Å². The van der Waals surface area contributed by atoms with Gasteiger partial charge in [-0.2, -0.15) is 0 Å². The van der Waals surface area contributed by atoms with E-state index in [1.807, 2.05) is 94.9 Å². The first-order chi connectivity index (χ1) is 26.2. The van der Waals surface area contributed by atoms with Crippen molar-refractivity contribution in [3.05, 3.63) is 178 Å². The summed E-state index contributed by atoms with van der Waals surface area (Å²) in [4.78, 5) is 29.9. The number of hydrogen-bond acceptors (Lipinski definition) is 9. The number of halogens is 2. The van der Waals surface area contributed by atoms with Gasteiger partial charge in [0.15, 0.2) is 11.4 Å². The molecule has 0 fully saturated rings. The smallest absolute Gasteiger partial charge is 1.00 e. The first-order valence-corrected chi connectivity index (χ1v) is 17.4. The monoisotopic (exact) mass is 914 g/mol. The number of rotatable bonds is 5. The Morgan fingerprint density at radius 1 is 0.759 bits per heavy atom. The Balaban J connectivity index is -0.000000690. The van der Waals surface area contributed by atoms with E-state index in [1.54, 1.807) is 30.6 Å². The maximum absolute atomic E-state index is 8.70. The van der Waals surface area contributed by atoms with Crippen LogP contribution in [0.3, 0.4) is 0 Å². The Labute approximate surface area is 442 Å². The molecule has 0 saturated heterocycles. The zero-order valence-corrected chi connectivity index (χ0v) is 42.1. The molecule has 0 radical (unpaired) electrons. The summed E-state index contributed by atoms with van der Waals surface area (Å²) in [5, 5.41) is 25.8. The van der Waals surface area contributed by atoms with E-state index in [0.29, 0.717) is 16.8 Å². The Kier molecular flexibility index (Phi) is 31.2. The molecule has 0 atom stereocenters. The van der Waals surface area contributed by atoms with Crippen molar-refractivity contribution in [2.45, 2.75) is 40.2 Å². The fraction of sp³-hybridized carbons (Fsp3) is 0.143. The van der Waals surface area contributed by atoms with Crippen LogP contribution in [0.1, 0.15) is 37.5 Å². The molecular formula is C42H43BBrClK2N6O5. The normalized spacial score (nSPS) is 9.17. The molecular weight excluding hydrogens is 873 g/mol. The van der Waals surface area contributed by atoms with Gasteiger partial charge in [0.05, 0.1) is 13.1 Å². The topological polar surface area (TPSA) is 163 Å². The van der Waals surface area contributed by atoms with Gasteiger partial charge >= 0.3 is 110 Å². The first-order valence-electron chi connectivity index (χ1n) is 16.6. The van der Waals surface area contributed by atoms with E-state index in [1.165, 1.54) is 28.3 Å². The molecule has 0 amide bonds. The van der Waals surface area contributed by atoms with Crippen LogP contribution in [0.4, 0.5) is 11.4 Å². The fourth-order valence-corrected chi connectivity index (χ4v) is 4.86. The molecule has 6 rings (SSSR count). The minimum atomic E-state index is -1.49. The molecule has 6 aromatic rings. The van der Waals surface area contributed by atoms with Gasteiger partial charge in [-0.1, -0.05) is 76.6 Å². The summed E-state index contributed by atoms with van der Waals surface area (Å²) in [6.07, 6.45) is 10.9. The number of nitrogens with two attached hydrogens (primary N) is 1. The third-order valence-electron chi connectivity index (χ3n) is 7.53. The number of aryl methyl sites for hydroxylation is 3. The second-order valence-corrected chi connectivity index (χ2v) is 13.1. The predicted octanol–water partition coefficient (Wildman–Crippen LogP) is 1.91. The largest absolute Gasteiger partial charge is 1.00 e. The van der Waals surface area contributed by atoms with Gasteiger partial charge in [-0.15, -0.1) is 12.4 Å². The molecule has 0 aliphatic rings. The van der Waals surface area contributed by atoms with E-state index in [-0.39, 0.29) is 129 Å². The summed E-state index contributed by atoms with van der Waals surface area (Å²) in [7, 11) is -1.49. The predicted molar refractivity (Wildman–Crippen MR) is 227 cm³/mol. The molecule has 4 N–H and O–H groups in total. The molecule has 58 heavy (non-hydrogen) atoms. The Morgan fingerprint density at radius 3 is 1.59 bits per heavy atom. The maximum atomic E-state index is 8.70. The number of nitrogens with zero attached hydrogens (tertiary/aromatic N) is 5. The fourth-order valence-electron chi connectivity index (χ4n) is 4.64. The van der Waals surface area contributed by atoms with Gasteiger partial charge in [-0.3, -0.25) is 19.7 Å². The minimum absolute atomic E-state index is 0. The zero-order chi connectivity index (χ0) is 40.8.